The Kier molecular flexibility index (Phi) is 10.4. The van der Waals surface area contributed by atoms with Gasteiger partial charge in [0.05, 0.1) is 19.1 Å². The molecule has 0 saturated carbocycles. The largest absolute Gasteiger partial charge is 0.497 e. The Morgan fingerprint density at radius 1 is 1.11 bits per heavy atom. The molecule has 0 aliphatic rings. The van der Waals surface area contributed by atoms with Gasteiger partial charge in [0.2, 0.25) is 21.8 Å². The zero-order chi connectivity index (χ0) is 27.1. The molecule has 0 aromatic heterocycles. The van der Waals surface area contributed by atoms with Crippen LogP contribution < -0.4 is 14.4 Å². The van der Waals surface area contributed by atoms with Gasteiger partial charge in [0.1, 0.15) is 11.8 Å². The molecular formula is C26H36BrN3O5S. The van der Waals surface area contributed by atoms with E-state index in [0.717, 1.165) is 16.3 Å². The van der Waals surface area contributed by atoms with Crippen molar-refractivity contribution < 1.29 is 22.7 Å². The molecule has 0 radical (unpaired) electrons. The van der Waals surface area contributed by atoms with Gasteiger partial charge in [0, 0.05) is 35.6 Å². The van der Waals surface area contributed by atoms with Crippen LogP contribution in [-0.2, 0) is 26.2 Å². The summed E-state index contributed by atoms with van der Waals surface area (Å²) >= 11 is 3.45. The molecular weight excluding hydrogens is 546 g/mol. The molecule has 0 unspecified atom stereocenters. The molecule has 2 aromatic rings. The number of anilines is 1. The Hall–Kier alpha value is -2.59. The van der Waals surface area contributed by atoms with Crippen LogP contribution in [0.3, 0.4) is 0 Å². The SMILES string of the molecule is COc1cccc(N(CCCC(=O)N(Cc2cccc(Br)c2)[C@@H](C)C(=O)NC(C)(C)C)S(C)(=O)=O)c1. The van der Waals surface area contributed by atoms with Crippen LogP contribution in [-0.4, -0.2) is 56.6 Å². The zero-order valence-electron chi connectivity index (χ0n) is 21.7. The molecule has 0 aliphatic heterocycles. The van der Waals surface area contributed by atoms with Gasteiger partial charge in [-0.05, 0) is 63.9 Å². The van der Waals surface area contributed by atoms with Crippen molar-refractivity contribution in [2.24, 2.45) is 0 Å². The second kappa shape index (κ2) is 12.6. The fraction of sp³-hybridized carbons (Fsp3) is 0.462. The Morgan fingerprint density at radius 2 is 1.78 bits per heavy atom. The van der Waals surface area contributed by atoms with Crippen molar-refractivity contribution in [1.29, 1.82) is 0 Å². The van der Waals surface area contributed by atoms with E-state index in [-0.39, 0.29) is 37.7 Å². The van der Waals surface area contributed by atoms with E-state index in [1.807, 2.05) is 45.0 Å². The standard InChI is InChI=1S/C26H36BrN3O5S/c1-19(25(32)28-26(2,3)4)29(18-20-10-7-11-21(27)16-20)24(31)14-9-15-30(36(6,33)34)22-12-8-13-23(17-22)35-5/h7-8,10-13,16-17,19H,9,14-15,18H2,1-6H3,(H,28,32)/t19-/m0/s1. The molecule has 8 nitrogen and oxygen atoms in total. The first-order valence-electron chi connectivity index (χ1n) is 11.7. The Balaban J connectivity index is 2.20. The molecule has 0 saturated heterocycles. The van der Waals surface area contributed by atoms with Crippen LogP contribution in [0, 0.1) is 0 Å². The van der Waals surface area contributed by atoms with Crippen LogP contribution in [0.5, 0.6) is 5.75 Å². The first kappa shape index (κ1) is 29.6. The number of sulfonamides is 1. The van der Waals surface area contributed by atoms with Gasteiger partial charge in [-0.25, -0.2) is 8.42 Å². The van der Waals surface area contributed by atoms with E-state index in [1.54, 1.807) is 36.1 Å². The van der Waals surface area contributed by atoms with Crippen LogP contribution in [0.15, 0.2) is 53.0 Å². The lowest BCUT2D eigenvalue weighted by atomic mass is 10.1. The third-order valence-electron chi connectivity index (χ3n) is 5.40. The molecule has 0 bridgehead atoms. The topological polar surface area (TPSA) is 96.0 Å². The van der Waals surface area contributed by atoms with E-state index in [1.165, 1.54) is 11.4 Å². The number of carbonyl (C=O) groups is 2. The number of halogens is 1. The predicted molar refractivity (Wildman–Crippen MR) is 146 cm³/mol. The van der Waals surface area contributed by atoms with Gasteiger partial charge in [-0.1, -0.05) is 34.1 Å². The van der Waals surface area contributed by atoms with Crippen molar-refractivity contribution >= 4 is 43.5 Å². The second-order valence-electron chi connectivity index (χ2n) is 9.71. The van der Waals surface area contributed by atoms with Crippen molar-refractivity contribution in [1.82, 2.24) is 10.2 Å². The summed E-state index contributed by atoms with van der Waals surface area (Å²) in [7, 11) is -2.07. The molecule has 0 aliphatic carbocycles. The molecule has 10 heteroatoms. The predicted octanol–water partition coefficient (Wildman–Crippen LogP) is 4.34. The molecule has 0 fully saturated rings. The Morgan fingerprint density at radius 3 is 2.36 bits per heavy atom. The third-order valence-corrected chi connectivity index (χ3v) is 7.09. The molecule has 1 atom stereocenters. The summed E-state index contributed by atoms with van der Waals surface area (Å²) in [5.74, 6) is 0.0572. The maximum Gasteiger partial charge on any atom is 0.242 e. The van der Waals surface area contributed by atoms with Crippen molar-refractivity contribution in [3.05, 3.63) is 58.6 Å². The lowest BCUT2D eigenvalue weighted by Gasteiger charge is -2.32. The molecule has 2 amide bonds. The monoisotopic (exact) mass is 581 g/mol. The lowest BCUT2D eigenvalue weighted by molar-refractivity contribution is -0.141. The van der Waals surface area contributed by atoms with Gasteiger partial charge in [-0.3, -0.25) is 13.9 Å². The summed E-state index contributed by atoms with van der Waals surface area (Å²) in [6.07, 6.45) is 1.50. The summed E-state index contributed by atoms with van der Waals surface area (Å²) < 4.78 is 32.3. The molecule has 198 valence electrons. The number of carbonyl (C=O) groups excluding carboxylic acids is 2. The number of ether oxygens (including phenoxy) is 1. The first-order valence-corrected chi connectivity index (χ1v) is 14.3. The van der Waals surface area contributed by atoms with Gasteiger partial charge in [-0.2, -0.15) is 0 Å². The van der Waals surface area contributed by atoms with E-state index >= 15 is 0 Å². The fourth-order valence-corrected chi connectivity index (χ4v) is 5.06. The van der Waals surface area contributed by atoms with Crippen molar-refractivity contribution in [2.75, 3.05) is 24.2 Å². The summed E-state index contributed by atoms with van der Waals surface area (Å²) in [5.41, 5.74) is 0.901. The summed E-state index contributed by atoms with van der Waals surface area (Å²) in [4.78, 5) is 27.8. The molecule has 2 rings (SSSR count). The van der Waals surface area contributed by atoms with Gasteiger partial charge in [0.15, 0.2) is 0 Å². The van der Waals surface area contributed by atoms with E-state index in [2.05, 4.69) is 21.2 Å². The highest BCUT2D eigenvalue weighted by atomic mass is 79.9. The number of nitrogens with zero attached hydrogens (tertiary/aromatic N) is 2. The van der Waals surface area contributed by atoms with Gasteiger partial charge >= 0.3 is 0 Å². The van der Waals surface area contributed by atoms with Crippen molar-refractivity contribution in [2.45, 2.75) is 58.7 Å². The number of rotatable bonds is 11. The number of nitrogens with one attached hydrogen (secondary N) is 1. The minimum Gasteiger partial charge on any atom is -0.497 e. The maximum atomic E-state index is 13.4. The third kappa shape index (κ3) is 9.13. The van der Waals surface area contributed by atoms with Crippen LogP contribution in [0.25, 0.3) is 0 Å². The van der Waals surface area contributed by atoms with Gasteiger partial charge in [0.25, 0.3) is 0 Å². The Bertz CT molecular complexity index is 1160. The minimum absolute atomic E-state index is 0.0805. The second-order valence-corrected chi connectivity index (χ2v) is 12.5. The van der Waals surface area contributed by atoms with Gasteiger partial charge < -0.3 is 15.0 Å². The number of amides is 2. The van der Waals surface area contributed by atoms with Crippen molar-refractivity contribution in [3.63, 3.8) is 0 Å². The lowest BCUT2D eigenvalue weighted by Crippen LogP contribution is -2.52. The highest BCUT2D eigenvalue weighted by Gasteiger charge is 2.28. The normalized spacial score (nSPS) is 12.5. The maximum absolute atomic E-state index is 13.4. The van der Waals surface area contributed by atoms with Gasteiger partial charge in [-0.15, -0.1) is 0 Å². The van der Waals surface area contributed by atoms with E-state index < -0.39 is 21.6 Å². The smallest absolute Gasteiger partial charge is 0.242 e. The first-order chi connectivity index (χ1) is 16.7. The zero-order valence-corrected chi connectivity index (χ0v) is 24.1. The molecule has 1 N–H and O–H groups in total. The van der Waals surface area contributed by atoms with E-state index in [4.69, 9.17) is 4.74 Å². The van der Waals surface area contributed by atoms with Crippen LogP contribution >= 0.6 is 15.9 Å². The summed E-state index contributed by atoms with van der Waals surface area (Å²) in [5, 5.41) is 2.94. The average molecular weight is 583 g/mol. The molecule has 2 aromatic carbocycles. The van der Waals surface area contributed by atoms with Crippen LogP contribution in [0.2, 0.25) is 0 Å². The summed E-state index contributed by atoms with van der Waals surface area (Å²) in [6, 6.07) is 13.6. The van der Waals surface area contributed by atoms with Crippen molar-refractivity contribution in [3.8, 4) is 5.75 Å². The number of hydrogen-bond donors (Lipinski definition) is 1. The van der Waals surface area contributed by atoms with Crippen LogP contribution in [0.1, 0.15) is 46.1 Å². The number of benzene rings is 2. The average Bonchev–Trinajstić information content (AvgIpc) is 2.77. The quantitative estimate of drug-likeness (QED) is 0.426. The molecule has 0 heterocycles. The van der Waals surface area contributed by atoms with Crippen LogP contribution in [0.4, 0.5) is 5.69 Å². The minimum atomic E-state index is -3.58. The number of methoxy groups -OCH3 is 1. The van der Waals surface area contributed by atoms with E-state index in [9.17, 15) is 18.0 Å². The highest BCUT2D eigenvalue weighted by Crippen LogP contribution is 2.24. The van der Waals surface area contributed by atoms with E-state index in [0.29, 0.717) is 11.4 Å². The number of hydrogen-bond acceptors (Lipinski definition) is 5. The molecule has 36 heavy (non-hydrogen) atoms. The molecule has 0 spiro atoms. The Labute approximate surface area is 223 Å². The summed E-state index contributed by atoms with van der Waals surface area (Å²) in [6.45, 7) is 7.73. The fourth-order valence-electron chi connectivity index (χ4n) is 3.66. The highest BCUT2D eigenvalue weighted by molar-refractivity contribution is 9.10.